The highest BCUT2D eigenvalue weighted by Crippen LogP contribution is 2.32. The van der Waals surface area contributed by atoms with Gasteiger partial charge in [-0.1, -0.05) is 53.0 Å². The number of carbonyl (C=O) groups excluding carboxylic acids is 2. The van der Waals surface area contributed by atoms with E-state index in [9.17, 15) is 9.59 Å². The Hall–Kier alpha value is -1.63. The lowest BCUT2D eigenvalue weighted by Gasteiger charge is -2.30. The summed E-state index contributed by atoms with van der Waals surface area (Å²) in [6.07, 6.45) is -0.487. The monoisotopic (exact) mass is 446 g/mol. The molecule has 0 N–H and O–H groups in total. The van der Waals surface area contributed by atoms with Crippen LogP contribution < -0.4 is 0 Å². The van der Waals surface area contributed by atoms with E-state index >= 15 is 0 Å². The van der Waals surface area contributed by atoms with Crippen LogP contribution in [0.2, 0.25) is 0 Å². The van der Waals surface area contributed by atoms with Crippen molar-refractivity contribution in [1.82, 2.24) is 9.47 Å². The summed E-state index contributed by atoms with van der Waals surface area (Å²) >= 11 is 17.1. The summed E-state index contributed by atoms with van der Waals surface area (Å²) in [7, 11) is 0. The zero-order valence-corrected chi connectivity index (χ0v) is 18.1. The van der Waals surface area contributed by atoms with Crippen LogP contribution in [0, 0.1) is 0 Å². The first-order valence-electron chi connectivity index (χ1n) is 8.79. The molecule has 3 rings (SSSR count). The minimum absolute atomic E-state index is 0.224. The second kappa shape index (κ2) is 7.65. The molecule has 1 aromatic heterocycles. The average Bonchev–Trinajstić information content (AvgIpc) is 2.91. The van der Waals surface area contributed by atoms with Gasteiger partial charge in [0.05, 0.1) is 17.8 Å². The Morgan fingerprint density at radius 3 is 2.43 bits per heavy atom. The lowest BCUT2D eigenvalue weighted by molar-refractivity contribution is 0.0219. The van der Waals surface area contributed by atoms with Crippen molar-refractivity contribution in [2.24, 2.45) is 0 Å². The molecule has 0 saturated carbocycles. The van der Waals surface area contributed by atoms with E-state index in [4.69, 9.17) is 44.3 Å². The number of rotatable bonds is 1. The molecule has 6 nitrogen and oxygen atoms in total. The second-order valence-electron chi connectivity index (χ2n) is 7.60. The number of hydrogen-bond donors (Lipinski definition) is 0. The minimum atomic E-state index is -1.71. The first kappa shape index (κ1) is 21.1. The molecule has 0 unspecified atom stereocenters. The van der Waals surface area contributed by atoms with Crippen LogP contribution >= 0.6 is 34.8 Å². The van der Waals surface area contributed by atoms with E-state index in [2.05, 4.69) is 0 Å². The molecule has 1 aliphatic heterocycles. The molecule has 0 bridgehead atoms. The molecular weight excluding hydrogens is 427 g/mol. The maximum absolute atomic E-state index is 12.8. The van der Waals surface area contributed by atoms with Gasteiger partial charge in [0.1, 0.15) is 12.2 Å². The molecule has 28 heavy (non-hydrogen) atoms. The summed E-state index contributed by atoms with van der Waals surface area (Å²) in [5, 5.41) is 0.937. The Morgan fingerprint density at radius 1 is 1.11 bits per heavy atom. The van der Waals surface area contributed by atoms with Crippen molar-refractivity contribution in [2.75, 3.05) is 13.2 Å². The molecule has 0 spiro atoms. The molecule has 1 amide bonds. The minimum Gasteiger partial charge on any atom is -0.444 e. The number of halogens is 3. The van der Waals surface area contributed by atoms with Crippen molar-refractivity contribution in [3.8, 4) is 0 Å². The molecule has 2 aromatic rings. The third kappa shape index (κ3) is 4.67. The molecule has 0 atom stereocenters. The number of alkyl halides is 3. The first-order valence-corrected chi connectivity index (χ1v) is 9.93. The summed E-state index contributed by atoms with van der Waals surface area (Å²) in [6, 6.07) is 7.50. The fourth-order valence-electron chi connectivity index (χ4n) is 3.21. The quantitative estimate of drug-likeness (QED) is 0.557. The highest BCUT2D eigenvalue weighted by atomic mass is 35.6. The normalized spacial score (nSPS) is 14.7. The Balaban J connectivity index is 1.96. The third-order valence-electron chi connectivity index (χ3n) is 4.25. The van der Waals surface area contributed by atoms with E-state index in [-0.39, 0.29) is 13.2 Å². The third-order valence-corrected chi connectivity index (χ3v) is 4.58. The largest absolute Gasteiger partial charge is 0.444 e. The summed E-state index contributed by atoms with van der Waals surface area (Å²) in [5.74, 6) is 0. The summed E-state index contributed by atoms with van der Waals surface area (Å²) < 4.78 is 10.4. The molecule has 2 heterocycles. The fourth-order valence-corrected chi connectivity index (χ4v) is 3.37. The van der Waals surface area contributed by atoms with Crippen molar-refractivity contribution >= 4 is 57.9 Å². The number of aromatic nitrogens is 1. The van der Waals surface area contributed by atoms with Gasteiger partial charge in [0, 0.05) is 11.9 Å². The van der Waals surface area contributed by atoms with E-state index in [1.807, 2.05) is 45.0 Å². The number of nitrogens with zero attached hydrogens (tertiary/aromatic N) is 2. The second-order valence-corrected chi connectivity index (χ2v) is 10.1. The van der Waals surface area contributed by atoms with E-state index in [0.717, 1.165) is 10.9 Å². The van der Waals surface area contributed by atoms with Gasteiger partial charge in [-0.3, -0.25) is 0 Å². The number of carbonyl (C=O) groups is 2. The molecule has 1 aromatic carbocycles. The van der Waals surface area contributed by atoms with E-state index in [0.29, 0.717) is 24.2 Å². The van der Waals surface area contributed by atoms with Gasteiger partial charge in [-0.05, 0) is 38.8 Å². The van der Waals surface area contributed by atoms with E-state index in [1.165, 1.54) is 4.57 Å². The van der Waals surface area contributed by atoms with Crippen molar-refractivity contribution < 1.29 is 19.1 Å². The van der Waals surface area contributed by atoms with Crippen LogP contribution in [-0.4, -0.2) is 44.2 Å². The number of amides is 1. The molecule has 0 radical (unpaired) electrons. The topological polar surface area (TPSA) is 60.8 Å². The smallest absolute Gasteiger partial charge is 0.418 e. The predicted octanol–water partition coefficient (Wildman–Crippen LogP) is 5.29. The molecular formula is C19H21Cl3N2O4. The predicted molar refractivity (Wildman–Crippen MR) is 109 cm³/mol. The van der Waals surface area contributed by atoms with Gasteiger partial charge in [-0.15, -0.1) is 0 Å². The molecule has 152 valence electrons. The summed E-state index contributed by atoms with van der Waals surface area (Å²) in [6.45, 7) is 5.77. The average molecular weight is 448 g/mol. The highest BCUT2D eigenvalue weighted by molar-refractivity contribution is 6.67. The number of hydrogen-bond acceptors (Lipinski definition) is 4. The molecule has 0 aliphatic carbocycles. The van der Waals surface area contributed by atoms with Crippen LogP contribution in [0.5, 0.6) is 0 Å². The van der Waals surface area contributed by atoms with Crippen molar-refractivity contribution in [1.29, 1.82) is 0 Å². The maximum atomic E-state index is 12.8. The van der Waals surface area contributed by atoms with Gasteiger partial charge in [0.15, 0.2) is 0 Å². The van der Waals surface area contributed by atoms with Crippen LogP contribution in [0.3, 0.4) is 0 Å². The SMILES string of the molecule is CC(C)(C)OC(=O)N1CCc2c(n(C(=O)OCC(Cl)(Cl)Cl)c3ccccc23)C1. The van der Waals surface area contributed by atoms with Crippen molar-refractivity contribution in [2.45, 2.75) is 43.1 Å². The molecule has 0 saturated heterocycles. The van der Waals surface area contributed by atoms with Crippen molar-refractivity contribution in [3.05, 3.63) is 35.5 Å². The fraction of sp³-hybridized carbons (Fsp3) is 0.474. The van der Waals surface area contributed by atoms with Crippen LogP contribution in [0.25, 0.3) is 10.9 Å². The van der Waals surface area contributed by atoms with Gasteiger partial charge >= 0.3 is 12.2 Å². The van der Waals surface area contributed by atoms with Crippen LogP contribution in [0.1, 0.15) is 32.0 Å². The number of benzene rings is 1. The van der Waals surface area contributed by atoms with Gasteiger partial charge < -0.3 is 14.4 Å². The maximum Gasteiger partial charge on any atom is 0.418 e. The van der Waals surface area contributed by atoms with Crippen LogP contribution in [0.4, 0.5) is 9.59 Å². The standard InChI is InChI=1S/C19H21Cl3N2O4/c1-18(2,3)28-16(25)23-9-8-13-12-6-4-5-7-14(12)24(15(13)10-23)17(26)27-11-19(20,21)22/h4-7H,8-11H2,1-3H3. The van der Waals surface area contributed by atoms with Crippen LogP contribution in [0.15, 0.2) is 24.3 Å². The Kier molecular flexibility index (Phi) is 5.76. The summed E-state index contributed by atoms with van der Waals surface area (Å²) in [4.78, 5) is 26.9. The Labute approximate surface area is 178 Å². The summed E-state index contributed by atoms with van der Waals surface area (Å²) in [5.41, 5.74) is 1.76. The molecule has 9 heteroatoms. The lowest BCUT2D eigenvalue weighted by Crippen LogP contribution is -2.40. The number of para-hydroxylation sites is 1. The van der Waals surface area contributed by atoms with Crippen LogP contribution in [-0.2, 0) is 22.4 Å². The number of fused-ring (bicyclic) bond motifs is 3. The highest BCUT2D eigenvalue weighted by Gasteiger charge is 2.32. The molecule has 0 fully saturated rings. The van der Waals surface area contributed by atoms with E-state index in [1.54, 1.807) is 4.90 Å². The Bertz CT molecular complexity index is 912. The van der Waals surface area contributed by atoms with Gasteiger partial charge in [0.2, 0.25) is 3.79 Å². The first-order chi connectivity index (χ1) is 13.0. The van der Waals surface area contributed by atoms with Crippen molar-refractivity contribution in [3.63, 3.8) is 0 Å². The zero-order valence-electron chi connectivity index (χ0n) is 15.8. The molecule has 1 aliphatic rings. The Morgan fingerprint density at radius 2 is 1.79 bits per heavy atom. The van der Waals surface area contributed by atoms with Gasteiger partial charge in [-0.2, -0.15) is 0 Å². The van der Waals surface area contributed by atoms with E-state index < -0.39 is 21.6 Å². The lowest BCUT2D eigenvalue weighted by atomic mass is 10.0. The number of ether oxygens (including phenoxy) is 2. The van der Waals surface area contributed by atoms with Gasteiger partial charge in [-0.25, -0.2) is 14.2 Å². The zero-order chi connectivity index (χ0) is 20.7. The van der Waals surface area contributed by atoms with Gasteiger partial charge in [0.25, 0.3) is 0 Å².